The molecule has 2 aromatic heterocycles. The van der Waals surface area contributed by atoms with Crippen molar-refractivity contribution in [3.05, 3.63) is 33.7 Å². The molecule has 1 N–H and O–H groups in total. The average Bonchev–Trinajstić information content (AvgIpc) is 2.95. The van der Waals surface area contributed by atoms with Gasteiger partial charge in [-0.05, 0) is 25.8 Å². The lowest BCUT2D eigenvalue weighted by Gasteiger charge is -2.26. The smallest absolute Gasteiger partial charge is 0.258 e. The SMILES string of the molecule is Cl.Cl.O=c1cc(CN2[C@H]3CCNC[C@@H]2CC3)nc2sccn12. The number of hydrogen-bond donors (Lipinski definition) is 1. The first-order valence-electron chi connectivity index (χ1n) is 7.23. The van der Waals surface area contributed by atoms with E-state index in [0.29, 0.717) is 12.1 Å². The van der Waals surface area contributed by atoms with E-state index >= 15 is 0 Å². The van der Waals surface area contributed by atoms with E-state index in [-0.39, 0.29) is 30.4 Å². The van der Waals surface area contributed by atoms with Crippen molar-refractivity contribution in [2.24, 2.45) is 0 Å². The summed E-state index contributed by atoms with van der Waals surface area (Å²) in [5.74, 6) is 0. The van der Waals surface area contributed by atoms with Gasteiger partial charge in [-0.3, -0.25) is 14.1 Å². The molecule has 2 atom stereocenters. The second-order valence-electron chi connectivity index (χ2n) is 5.69. The summed E-state index contributed by atoms with van der Waals surface area (Å²) < 4.78 is 1.62. The van der Waals surface area contributed by atoms with Gasteiger partial charge >= 0.3 is 0 Å². The summed E-state index contributed by atoms with van der Waals surface area (Å²) in [5, 5.41) is 5.42. The van der Waals surface area contributed by atoms with Gasteiger partial charge in [-0.25, -0.2) is 4.98 Å². The van der Waals surface area contributed by atoms with Crippen LogP contribution in [0, 0.1) is 0 Å². The Balaban J connectivity index is 0.000000882. The van der Waals surface area contributed by atoms with Crippen LogP contribution < -0.4 is 10.9 Å². The third-order valence-electron chi connectivity index (χ3n) is 4.51. The fourth-order valence-corrected chi connectivity index (χ4v) is 4.23. The molecule has 0 aromatic carbocycles. The summed E-state index contributed by atoms with van der Waals surface area (Å²) in [4.78, 5) is 20.0. The standard InChI is InChI=1S/C14H18N4OS.2ClH/c19-13-7-10(16-14-17(13)5-6-20-14)9-18-11-1-2-12(18)8-15-4-3-11;;/h5-7,11-12,15H,1-4,8-9H2;2*1H/t11-,12+;;/m1../s1. The van der Waals surface area contributed by atoms with Crippen LogP contribution in [0.3, 0.4) is 0 Å². The zero-order valence-corrected chi connectivity index (χ0v) is 14.6. The fourth-order valence-electron chi connectivity index (χ4n) is 3.50. The molecule has 4 heterocycles. The first-order valence-corrected chi connectivity index (χ1v) is 8.11. The van der Waals surface area contributed by atoms with Crippen LogP contribution in [0.1, 0.15) is 25.0 Å². The van der Waals surface area contributed by atoms with Crippen LogP contribution in [0.4, 0.5) is 0 Å². The lowest BCUT2D eigenvalue weighted by atomic mass is 10.1. The summed E-state index contributed by atoms with van der Waals surface area (Å²) in [7, 11) is 0. The molecular formula is C14H20Cl2N4OS. The van der Waals surface area contributed by atoms with E-state index in [1.54, 1.807) is 16.7 Å². The van der Waals surface area contributed by atoms with Crippen LogP contribution in [0.2, 0.25) is 0 Å². The Hall–Kier alpha value is -0.660. The Morgan fingerprint density at radius 2 is 2.09 bits per heavy atom. The van der Waals surface area contributed by atoms with E-state index in [0.717, 1.165) is 30.3 Å². The van der Waals surface area contributed by atoms with Gasteiger partial charge < -0.3 is 5.32 Å². The highest BCUT2D eigenvalue weighted by Crippen LogP contribution is 2.29. The molecule has 8 heteroatoms. The van der Waals surface area contributed by atoms with E-state index in [1.807, 2.05) is 5.38 Å². The molecule has 0 spiro atoms. The Kier molecular flexibility index (Phi) is 5.85. The number of hydrogen-bond acceptors (Lipinski definition) is 5. The largest absolute Gasteiger partial charge is 0.315 e. The molecule has 2 fully saturated rings. The van der Waals surface area contributed by atoms with Gasteiger partial charge in [0.05, 0.1) is 5.69 Å². The first-order chi connectivity index (χ1) is 9.81. The van der Waals surface area contributed by atoms with Crippen molar-refractivity contribution in [2.45, 2.75) is 37.9 Å². The lowest BCUT2D eigenvalue weighted by molar-refractivity contribution is 0.191. The van der Waals surface area contributed by atoms with Crippen molar-refractivity contribution in [1.82, 2.24) is 19.6 Å². The summed E-state index contributed by atoms with van der Waals surface area (Å²) in [6, 6.07) is 2.95. The van der Waals surface area contributed by atoms with Gasteiger partial charge in [-0.1, -0.05) is 0 Å². The van der Waals surface area contributed by atoms with Gasteiger partial charge in [0.1, 0.15) is 0 Å². The maximum Gasteiger partial charge on any atom is 0.258 e. The minimum atomic E-state index is 0. The predicted octanol–water partition coefficient (Wildman–Crippen LogP) is 1.93. The van der Waals surface area contributed by atoms with Gasteiger partial charge in [-0.2, -0.15) is 0 Å². The molecule has 2 aliphatic heterocycles. The Morgan fingerprint density at radius 3 is 2.95 bits per heavy atom. The third-order valence-corrected chi connectivity index (χ3v) is 5.26. The molecule has 0 radical (unpaired) electrons. The number of thiazole rings is 1. The van der Waals surface area contributed by atoms with Crippen molar-refractivity contribution in [1.29, 1.82) is 0 Å². The molecule has 2 bridgehead atoms. The number of aromatic nitrogens is 2. The summed E-state index contributed by atoms with van der Waals surface area (Å²) in [6.07, 6.45) is 5.54. The van der Waals surface area contributed by atoms with Crippen LogP contribution >= 0.6 is 36.2 Å². The summed E-state index contributed by atoms with van der Waals surface area (Å²) in [5.41, 5.74) is 0.947. The minimum absolute atomic E-state index is 0. The van der Waals surface area contributed by atoms with Gasteiger partial charge in [0.15, 0.2) is 4.96 Å². The predicted molar refractivity (Wildman–Crippen MR) is 93.7 cm³/mol. The monoisotopic (exact) mass is 362 g/mol. The van der Waals surface area contributed by atoms with E-state index in [4.69, 9.17) is 0 Å². The number of rotatable bonds is 2. The molecule has 2 aliphatic rings. The summed E-state index contributed by atoms with van der Waals surface area (Å²) in [6.45, 7) is 2.98. The topological polar surface area (TPSA) is 49.6 Å². The fraction of sp³-hybridized carbons (Fsp3) is 0.571. The second-order valence-corrected chi connectivity index (χ2v) is 6.56. The highest BCUT2D eigenvalue weighted by molar-refractivity contribution is 7.15. The molecule has 5 nitrogen and oxygen atoms in total. The second kappa shape index (κ2) is 7.27. The van der Waals surface area contributed by atoms with E-state index in [1.165, 1.54) is 30.6 Å². The van der Waals surface area contributed by atoms with E-state index in [2.05, 4.69) is 15.2 Å². The van der Waals surface area contributed by atoms with Gasteiger partial charge in [0, 0.05) is 42.8 Å². The highest BCUT2D eigenvalue weighted by atomic mass is 35.5. The van der Waals surface area contributed by atoms with E-state index in [9.17, 15) is 4.79 Å². The van der Waals surface area contributed by atoms with E-state index < -0.39 is 0 Å². The quantitative estimate of drug-likeness (QED) is 0.886. The van der Waals surface area contributed by atoms with Crippen LogP contribution in [0.15, 0.2) is 22.4 Å². The zero-order chi connectivity index (χ0) is 13.5. The number of nitrogens with one attached hydrogen (secondary N) is 1. The van der Waals surface area contributed by atoms with Crippen molar-refractivity contribution in [2.75, 3.05) is 13.1 Å². The molecule has 22 heavy (non-hydrogen) atoms. The average molecular weight is 363 g/mol. The number of fused-ring (bicyclic) bond motifs is 3. The van der Waals surface area contributed by atoms with Gasteiger partial charge in [-0.15, -0.1) is 36.2 Å². The van der Waals surface area contributed by atoms with Gasteiger partial charge in [0.2, 0.25) is 0 Å². The van der Waals surface area contributed by atoms with Crippen LogP contribution in [0.25, 0.3) is 4.96 Å². The van der Waals surface area contributed by atoms with Crippen molar-refractivity contribution in [3.8, 4) is 0 Å². The molecule has 0 amide bonds. The van der Waals surface area contributed by atoms with Crippen molar-refractivity contribution >= 4 is 41.1 Å². The first kappa shape index (κ1) is 17.7. The van der Waals surface area contributed by atoms with Crippen LogP contribution in [0.5, 0.6) is 0 Å². The van der Waals surface area contributed by atoms with Crippen molar-refractivity contribution in [3.63, 3.8) is 0 Å². The molecule has 4 rings (SSSR count). The Morgan fingerprint density at radius 1 is 1.27 bits per heavy atom. The molecule has 0 unspecified atom stereocenters. The third kappa shape index (κ3) is 3.16. The minimum Gasteiger partial charge on any atom is -0.315 e. The maximum atomic E-state index is 12.0. The molecule has 0 aliphatic carbocycles. The Labute approximate surface area is 145 Å². The molecule has 122 valence electrons. The Bertz CT molecular complexity index is 675. The highest BCUT2D eigenvalue weighted by Gasteiger charge is 2.34. The number of halogens is 2. The molecule has 2 saturated heterocycles. The van der Waals surface area contributed by atoms with Crippen LogP contribution in [-0.2, 0) is 6.54 Å². The molecule has 2 aromatic rings. The number of nitrogens with zero attached hydrogens (tertiary/aromatic N) is 3. The summed E-state index contributed by atoms with van der Waals surface area (Å²) >= 11 is 1.52. The van der Waals surface area contributed by atoms with Crippen molar-refractivity contribution < 1.29 is 0 Å². The molecular weight excluding hydrogens is 343 g/mol. The zero-order valence-electron chi connectivity index (χ0n) is 12.1. The normalized spacial score (nSPS) is 24.5. The van der Waals surface area contributed by atoms with Crippen LogP contribution in [-0.4, -0.2) is 39.5 Å². The molecule has 0 saturated carbocycles. The lowest BCUT2D eigenvalue weighted by Crippen LogP contribution is -2.37. The van der Waals surface area contributed by atoms with Gasteiger partial charge in [0.25, 0.3) is 5.56 Å². The maximum absolute atomic E-state index is 12.0.